The summed E-state index contributed by atoms with van der Waals surface area (Å²) in [6.45, 7) is 1.25. The summed E-state index contributed by atoms with van der Waals surface area (Å²) in [5.41, 5.74) is 0. The molecule has 2 unspecified atom stereocenters. The van der Waals surface area contributed by atoms with E-state index < -0.39 is 12.1 Å². The van der Waals surface area contributed by atoms with Crippen molar-refractivity contribution in [1.29, 1.82) is 0 Å². The van der Waals surface area contributed by atoms with Crippen molar-refractivity contribution in [1.82, 2.24) is 0 Å². The van der Waals surface area contributed by atoms with Crippen LogP contribution in [0.15, 0.2) is 0 Å². The highest BCUT2D eigenvalue weighted by Crippen LogP contribution is 2.19. The monoisotopic (exact) mass is 176 g/mol. The third-order valence-corrected chi connectivity index (χ3v) is 2.02. The minimum atomic E-state index is -1.48. The first-order valence-electron chi connectivity index (χ1n) is 4.03. The Morgan fingerprint density at radius 3 is 3.08 bits per heavy atom. The summed E-state index contributed by atoms with van der Waals surface area (Å²) in [6, 6.07) is 0. The zero-order chi connectivity index (χ0) is 8.97. The Balaban J connectivity index is 2.24. The van der Waals surface area contributed by atoms with Crippen molar-refractivity contribution >= 4 is 5.97 Å². The molecule has 0 N–H and O–H groups in total. The van der Waals surface area contributed by atoms with Crippen molar-refractivity contribution in [2.24, 2.45) is 5.92 Å². The highest BCUT2D eigenvalue weighted by molar-refractivity contribution is 5.74. The average Bonchev–Trinajstić information content (AvgIpc) is 2.55. The molecule has 0 bridgehead atoms. The van der Waals surface area contributed by atoms with Crippen LogP contribution in [0.2, 0.25) is 0 Å². The van der Waals surface area contributed by atoms with Gasteiger partial charge in [0.1, 0.15) is 0 Å². The summed E-state index contributed by atoms with van der Waals surface area (Å²) < 4.78 is 22.2. The quantitative estimate of drug-likeness (QED) is 0.600. The van der Waals surface area contributed by atoms with Crippen LogP contribution in [0.4, 0.5) is 4.39 Å². The molecule has 70 valence electrons. The molecule has 2 atom stereocenters. The highest BCUT2D eigenvalue weighted by atomic mass is 19.1. The van der Waals surface area contributed by atoms with Gasteiger partial charge in [-0.2, -0.15) is 0 Å². The number of rotatable bonds is 3. The second-order valence-corrected chi connectivity index (χ2v) is 2.96. The fraction of sp³-hybridized carbons (Fsp3) is 0.875. The SMILES string of the molecule is COC(=O)C(F)CC1CCOC1. The van der Waals surface area contributed by atoms with Gasteiger partial charge >= 0.3 is 5.97 Å². The maximum absolute atomic E-state index is 12.9. The molecular formula is C8H13FO3. The number of ether oxygens (including phenoxy) is 2. The van der Waals surface area contributed by atoms with Gasteiger partial charge in [0.05, 0.1) is 7.11 Å². The molecule has 3 nitrogen and oxygen atoms in total. The molecule has 0 saturated carbocycles. The van der Waals surface area contributed by atoms with Crippen LogP contribution in [0.3, 0.4) is 0 Å². The normalized spacial score (nSPS) is 25.3. The molecule has 0 aromatic rings. The van der Waals surface area contributed by atoms with Gasteiger partial charge in [-0.3, -0.25) is 0 Å². The van der Waals surface area contributed by atoms with Gasteiger partial charge in [-0.15, -0.1) is 0 Å². The van der Waals surface area contributed by atoms with Gasteiger partial charge in [-0.05, 0) is 18.8 Å². The van der Waals surface area contributed by atoms with E-state index in [4.69, 9.17) is 4.74 Å². The van der Waals surface area contributed by atoms with Gasteiger partial charge in [0.15, 0.2) is 6.17 Å². The van der Waals surface area contributed by atoms with Crippen molar-refractivity contribution in [3.8, 4) is 0 Å². The van der Waals surface area contributed by atoms with Gasteiger partial charge in [0.25, 0.3) is 0 Å². The van der Waals surface area contributed by atoms with Crippen LogP contribution >= 0.6 is 0 Å². The van der Waals surface area contributed by atoms with Crippen molar-refractivity contribution in [3.05, 3.63) is 0 Å². The number of esters is 1. The number of carbonyl (C=O) groups is 1. The number of alkyl halides is 1. The standard InChI is InChI=1S/C8H13FO3/c1-11-8(10)7(9)4-6-2-3-12-5-6/h6-7H,2-5H2,1H3. The summed E-state index contributed by atoms with van der Waals surface area (Å²) in [5.74, 6) is -0.596. The topological polar surface area (TPSA) is 35.5 Å². The number of methoxy groups -OCH3 is 1. The van der Waals surface area contributed by atoms with Crippen LogP contribution in [0, 0.1) is 5.92 Å². The second kappa shape index (κ2) is 4.40. The Kier molecular flexibility index (Phi) is 3.47. The molecule has 1 aliphatic rings. The smallest absolute Gasteiger partial charge is 0.340 e. The molecule has 0 aromatic heterocycles. The molecule has 4 heteroatoms. The van der Waals surface area contributed by atoms with E-state index in [-0.39, 0.29) is 12.3 Å². The minimum Gasteiger partial charge on any atom is -0.467 e. The lowest BCUT2D eigenvalue weighted by Gasteiger charge is -2.09. The van der Waals surface area contributed by atoms with Gasteiger partial charge in [0, 0.05) is 13.2 Å². The molecule has 0 aliphatic carbocycles. The fourth-order valence-electron chi connectivity index (χ4n) is 1.29. The van der Waals surface area contributed by atoms with E-state index in [0.29, 0.717) is 13.2 Å². The van der Waals surface area contributed by atoms with Crippen LogP contribution in [0.5, 0.6) is 0 Å². The Morgan fingerprint density at radius 1 is 1.83 bits per heavy atom. The van der Waals surface area contributed by atoms with Crippen LogP contribution in [0.25, 0.3) is 0 Å². The predicted molar refractivity (Wildman–Crippen MR) is 40.5 cm³/mol. The zero-order valence-electron chi connectivity index (χ0n) is 7.09. The first-order valence-corrected chi connectivity index (χ1v) is 4.03. The molecule has 0 spiro atoms. The van der Waals surface area contributed by atoms with Gasteiger partial charge in [-0.1, -0.05) is 0 Å². The second-order valence-electron chi connectivity index (χ2n) is 2.96. The number of halogens is 1. The summed E-state index contributed by atoms with van der Waals surface area (Å²) in [5, 5.41) is 0. The Hall–Kier alpha value is -0.640. The van der Waals surface area contributed by atoms with Crippen molar-refractivity contribution in [2.75, 3.05) is 20.3 Å². The number of carbonyl (C=O) groups excluding carboxylic acids is 1. The average molecular weight is 176 g/mol. The van der Waals surface area contributed by atoms with E-state index in [9.17, 15) is 9.18 Å². The summed E-state index contributed by atoms with van der Waals surface area (Å²) in [6.07, 6.45) is -0.411. The van der Waals surface area contributed by atoms with Gasteiger partial charge < -0.3 is 9.47 Å². The van der Waals surface area contributed by atoms with E-state index in [1.54, 1.807) is 0 Å². The molecule has 0 radical (unpaired) electrons. The molecular weight excluding hydrogens is 163 g/mol. The molecule has 1 saturated heterocycles. The van der Waals surface area contributed by atoms with Crippen LogP contribution in [-0.4, -0.2) is 32.5 Å². The summed E-state index contributed by atoms with van der Waals surface area (Å²) in [7, 11) is 1.19. The molecule has 1 fully saturated rings. The van der Waals surface area contributed by atoms with Crippen LogP contribution < -0.4 is 0 Å². The fourth-order valence-corrected chi connectivity index (χ4v) is 1.29. The maximum atomic E-state index is 12.9. The third kappa shape index (κ3) is 2.44. The Labute approximate surface area is 70.8 Å². The van der Waals surface area contributed by atoms with E-state index in [1.807, 2.05) is 0 Å². The van der Waals surface area contributed by atoms with E-state index in [1.165, 1.54) is 7.11 Å². The lowest BCUT2D eigenvalue weighted by molar-refractivity contribution is -0.147. The molecule has 0 aromatic carbocycles. The highest BCUT2D eigenvalue weighted by Gasteiger charge is 2.25. The zero-order valence-corrected chi connectivity index (χ0v) is 7.09. The largest absolute Gasteiger partial charge is 0.467 e. The van der Waals surface area contributed by atoms with Gasteiger partial charge in [-0.25, -0.2) is 9.18 Å². The Bertz CT molecular complexity index is 154. The molecule has 1 rings (SSSR count). The molecule has 12 heavy (non-hydrogen) atoms. The van der Waals surface area contributed by atoms with Crippen molar-refractivity contribution < 1.29 is 18.7 Å². The maximum Gasteiger partial charge on any atom is 0.340 e. The van der Waals surface area contributed by atoms with Crippen molar-refractivity contribution in [2.45, 2.75) is 19.0 Å². The van der Waals surface area contributed by atoms with Crippen LogP contribution in [-0.2, 0) is 14.3 Å². The molecule has 1 aliphatic heterocycles. The predicted octanol–water partition coefficient (Wildman–Crippen LogP) is 0.924. The number of hydrogen-bond acceptors (Lipinski definition) is 3. The minimum absolute atomic E-state index is 0.180. The van der Waals surface area contributed by atoms with Crippen LogP contribution in [0.1, 0.15) is 12.8 Å². The van der Waals surface area contributed by atoms with Gasteiger partial charge in [0.2, 0.25) is 0 Å². The molecule has 0 amide bonds. The Morgan fingerprint density at radius 2 is 2.58 bits per heavy atom. The van der Waals surface area contributed by atoms with E-state index in [0.717, 1.165) is 6.42 Å². The molecule has 1 heterocycles. The number of hydrogen-bond donors (Lipinski definition) is 0. The first kappa shape index (κ1) is 9.45. The summed E-state index contributed by atoms with van der Waals surface area (Å²) >= 11 is 0. The lowest BCUT2D eigenvalue weighted by atomic mass is 10.0. The first-order chi connectivity index (χ1) is 5.74. The van der Waals surface area contributed by atoms with E-state index in [2.05, 4.69) is 4.74 Å². The van der Waals surface area contributed by atoms with E-state index >= 15 is 0 Å². The summed E-state index contributed by atoms with van der Waals surface area (Å²) in [4.78, 5) is 10.7. The lowest BCUT2D eigenvalue weighted by Crippen LogP contribution is -2.20. The van der Waals surface area contributed by atoms with Crippen molar-refractivity contribution in [3.63, 3.8) is 0 Å². The third-order valence-electron chi connectivity index (χ3n) is 2.02.